The predicted molar refractivity (Wildman–Crippen MR) is 110 cm³/mol. The molecule has 0 heterocycles. The maximum Gasteiger partial charge on any atom is 0.271 e. The second-order valence-corrected chi connectivity index (χ2v) is 6.69. The Hall–Kier alpha value is -3.17. The molecular weight excluding hydrogens is 400 g/mol. The van der Waals surface area contributed by atoms with Gasteiger partial charge < -0.3 is 15.4 Å². The molecule has 154 valence electrons. The highest BCUT2D eigenvalue weighted by molar-refractivity contribution is 6.33. The summed E-state index contributed by atoms with van der Waals surface area (Å²) >= 11 is 6.00. The van der Waals surface area contributed by atoms with Gasteiger partial charge in [-0.25, -0.2) is 0 Å². The molecule has 0 saturated heterocycles. The van der Waals surface area contributed by atoms with E-state index in [4.69, 9.17) is 16.3 Å². The van der Waals surface area contributed by atoms with Gasteiger partial charge in [0.1, 0.15) is 5.75 Å². The number of carbonyl (C=O) groups excluding carboxylic acids is 2. The molecule has 0 unspecified atom stereocenters. The number of likely N-dealkylation sites (N-methyl/N-ethyl adjacent to an activating group) is 1. The number of carbonyl (C=O) groups is 2. The molecule has 0 fully saturated rings. The Balaban J connectivity index is 1.97. The summed E-state index contributed by atoms with van der Waals surface area (Å²) in [5, 5.41) is 16.4. The number of nitro benzene ring substituents is 1. The topological polar surface area (TPSA) is 114 Å². The summed E-state index contributed by atoms with van der Waals surface area (Å²) in [5.41, 5.74) is 0.513. The summed E-state index contributed by atoms with van der Waals surface area (Å²) < 4.78 is 5.11. The Kier molecular flexibility index (Phi) is 7.52. The number of amides is 2. The molecule has 0 radical (unpaired) electrons. The van der Waals surface area contributed by atoms with Crippen LogP contribution in [0.3, 0.4) is 0 Å². The number of nitrogens with one attached hydrogen (secondary N) is 2. The van der Waals surface area contributed by atoms with Gasteiger partial charge in [-0.1, -0.05) is 17.7 Å². The molecule has 10 heteroatoms. The quantitative estimate of drug-likeness (QED) is 0.501. The lowest BCUT2D eigenvalue weighted by atomic mass is 10.2. The van der Waals surface area contributed by atoms with Gasteiger partial charge in [-0.15, -0.1) is 0 Å². The second-order valence-electron chi connectivity index (χ2n) is 6.28. The largest absolute Gasteiger partial charge is 0.497 e. The Morgan fingerprint density at radius 3 is 2.62 bits per heavy atom. The number of nitrogens with zero attached hydrogens (tertiary/aromatic N) is 2. The first-order valence-electron chi connectivity index (χ1n) is 8.60. The summed E-state index contributed by atoms with van der Waals surface area (Å²) in [6.07, 6.45) is 0. The van der Waals surface area contributed by atoms with Crippen LogP contribution in [0.25, 0.3) is 0 Å². The molecule has 0 spiro atoms. The number of rotatable bonds is 8. The van der Waals surface area contributed by atoms with Crippen molar-refractivity contribution in [3.63, 3.8) is 0 Å². The lowest BCUT2D eigenvalue weighted by Crippen LogP contribution is -2.43. The fourth-order valence-corrected chi connectivity index (χ4v) is 2.59. The van der Waals surface area contributed by atoms with Gasteiger partial charge in [-0.2, -0.15) is 0 Å². The van der Waals surface area contributed by atoms with Gasteiger partial charge in [-0.05, 0) is 32.2 Å². The third-order valence-electron chi connectivity index (χ3n) is 4.21. The van der Waals surface area contributed by atoms with Crippen molar-refractivity contribution >= 4 is 40.5 Å². The number of hydrogen-bond acceptors (Lipinski definition) is 6. The van der Waals surface area contributed by atoms with Gasteiger partial charge in [-0.3, -0.25) is 24.6 Å². The molecular formula is C19H21ClN4O5. The molecule has 0 aromatic heterocycles. The minimum Gasteiger partial charge on any atom is -0.497 e. The number of halogens is 1. The predicted octanol–water partition coefficient (Wildman–Crippen LogP) is 3.15. The van der Waals surface area contributed by atoms with E-state index in [-0.39, 0.29) is 28.8 Å². The van der Waals surface area contributed by atoms with Crippen LogP contribution in [0, 0.1) is 10.1 Å². The minimum atomic E-state index is -0.693. The Morgan fingerprint density at radius 2 is 1.97 bits per heavy atom. The van der Waals surface area contributed by atoms with Crippen LogP contribution in [-0.2, 0) is 9.59 Å². The first-order chi connectivity index (χ1) is 13.7. The first kappa shape index (κ1) is 22.1. The van der Waals surface area contributed by atoms with Crippen LogP contribution in [0.5, 0.6) is 5.75 Å². The van der Waals surface area contributed by atoms with Crippen molar-refractivity contribution in [2.24, 2.45) is 0 Å². The zero-order valence-corrected chi connectivity index (χ0v) is 16.9. The highest BCUT2D eigenvalue weighted by atomic mass is 35.5. The van der Waals surface area contributed by atoms with Crippen molar-refractivity contribution in [3.05, 3.63) is 57.6 Å². The van der Waals surface area contributed by atoms with Crippen molar-refractivity contribution < 1.29 is 19.2 Å². The molecule has 1 atom stereocenters. The number of anilines is 2. The minimum absolute atomic E-state index is 0.0472. The van der Waals surface area contributed by atoms with Crippen LogP contribution in [0.1, 0.15) is 6.92 Å². The zero-order valence-electron chi connectivity index (χ0n) is 16.1. The monoisotopic (exact) mass is 420 g/mol. The maximum atomic E-state index is 12.5. The Bertz CT molecular complexity index is 921. The summed E-state index contributed by atoms with van der Waals surface area (Å²) in [4.78, 5) is 36.6. The first-order valence-corrected chi connectivity index (χ1v) is 8.98. The van der Waals surface area contributed by atoms with Crippen molar-refractivity contribution in [2.75, 3.05) is 31.3 Å². The fourth-order valence-electron chi connectivity index (χ4n) is 2.42. The third kappa shape index (κ3) is 6.16. The average Bonchev–Trinajstić information content (AvgIpc) is 2.68. The maximum absolute atomic E-state index is 12.5. The number of ether oxygens (including phenoxy) is 1. The smallest absolute Gasteiger partial charge is 0.271 e. The van der Waals surface area contributed by atoms with Crippen molar-refractivity contribution in [1.29, 1.82) is 0 Å². The van der Waals surface area contributed by atoms with Crippen LogP contribution >= 0.6 is 11.6 Å². The van der Waals surface area contributed by atoms with Gasteiger partial charge in [0.2, 0.25) is 11.8 Å². The number of hydrogen-bond donors (Lipinski definition) is 2. The number of nitro groups is 1. The molecule has 0 aliphatic carbocycles. The van der Waals surface area contributed by atoms with Gasteiger partial charge in [0.15, 0.2) is 0 Å². The molecule has 9 nitrogen and oxygen atoms in total. The molecule has 0 saturated carbocycles. The van der Waals surface area contributed by atoms with E-state index < -0.39 is 16.9 Å². The van der Waals surface area contributed by atoms with E-state index >= 15 is 0 Å². The van der Waals surface area contributed by atoms with Crippen LogP contribution in [0.15, 0.2) is 42.5 Å². The van der Waals surface area contributed by atoms with Gasteiger partial charge in [0, 0.05) is 23.9 Å². The average molecular weight is 421 g/mol. The van der Waals surface area contributed by atoms with E-state index in [1.807, 2.05) is 0 Å². The number of benzene rings is 2. The lowest BCUT2D eigenvalue weighted by molar-refractivity contribution is -0.384. The Labute approximate surface area is 172 Å². The van der Waals surface area contributed by atoms with Gasteiger partial charge in [0.25, 0.3) is 5.69 Å². The molecule has 2 aromatic carbocycles. The molecule has 2 N–H and O–H groups in total. The van der Waals surface area contributed by atoms with Crippen molar-refractivity contribution in [1.82, 2.24) is 4.90 Å². The van der Waals surface area contributed by atoms with Crippen LogP contribution in [0.2, 0.25) is 5.02 Å². The molecule has 2 rings (SSSR count). The lowest BCUT2D eigenvalue weighted by Gasteiger charge is -2.23. The van der Waals surface area contributed by atoms with E-state index in [1.54, 1.807) is 38.2 Å². The van der Waals surface area contributed by atoms with Crippen LogP contribution < -0.4 is 15.4 Å². The van der Waals surface area contributed by atoms with Crippen molar-refractivity contribution in [2.45, 2.75) is 13.0 Å². The highest BCUT2D eigenvalue weighted by Gasteiger charge is 2.22. The van der Waals surface area contributed by atoms with Crippen LogP contribution in [0.4, 0.5) is 17.1 Å². The zero-order chi connectivity index (χ0) is 21.6. The summed E-state index contributed by atoms with van der Waals surface area (Å²) in [7, 11) is 3.15. The molecule has 2 amide bonds. The molecule has 29 heavy (non-hydrogen) atoms. The molecule has 0 aliphatic heterocycles. The molecule has 0 bridgehead atoms. The van der Waals surface area contributed by atoms with E-state index in [9.17, 15) is 19.7 Å². The van der Waals surface area contributed by atoms with E-state index in [2.05, 4.69) is 10.6 Å². The second kappa shape index (κ2) is 9.85. The highest BCUT2D eigenvalue weighted by Crippen LogP contribution is 2.27. The number of methoxy groups -OCH3 is 1. The fraction of sp³-hybridized carbons (Fsp3) is 0.263. The van der Waals surface area contributed by atoms with Crippen LogP contribution in [-0.4, -0.2) is 48.4 Å². The summed E-state index contributed by atoms with van der Waals surface area (Å²) in [5.74, 6) is -0.157. The van der Waals surface area contributed by atoms with E-state index in [0.717, 1.165) is 0 Å². The third-order valence-corrected chi connectivity index (χ3v) is 4.54. The van der Waals surface area contributed by atoms with Gasteiger partial charge >= 0.3 is 0 Å². The normalized spacial score (nSPS) is 11.6. The summed E-state index contributed by atoms with van der Waals surface area (Å²) in [6.45, 7) is 1.56. The standard InChI is InChI=1S/C19H21ClN4O5/c1-12(19(26)22-17-10-14(24(27)28)7-8-16(17)20)23(2)11-18(25)21-13-5-4-6-15(9-13)29-3/h4-10,12H,11H2,1-3H3,(H,21,25)(H,22,26)/t12-/m0/s1. The van der Waals surface area contributed by atoms with E-state index in [0.29, 0.717) is 11.4 Å². The molecule has 2 aromatic rings. The Morgan fingerprint density at radius 1 is 1.24 bits per heavy atom. The SMILES string of the molecule is COc1cccc(NC(=O)CN(C)[C@@H](C)C(=O)Nc2cc([N+](=O)[O-])ccc2Cl)c1. The van der Waals surface area contributed by atoms with Crippen molar-refractivity contribution in [3.8, 4) is 5.75 Å². The summed E-state index contributed by atoms with van der Waals surface area (Å²) in [6, 6.07) is 9.98. The van der Waals surface area contributed by atoms with E-state index in [1.165, 1.54) is 30.2 Å². The van der Waals surface area contributed by atoms with Gasteiger partial charge in [0.05, 0.1) is 35.3 Å². The molecule has 0 aliphatic rings. The number of non-ortho nitro benzene ring substituents is 1.